The maximum atomic E-state index is 5.80. The normalized spacial score (nSPS) is 22.3. The minimum absolute atomic E-state index is 0.464. The Morgan fingerprint density at radius 3 is 2.89 bits per heavy atom. The lowest BCUT2D eigenvalue weighted by Crippen LogP contribution is -2.32. The monoisotopic (exact) mass is 256 g/mol. The van der Waals surface area contributed by atoms with Gasteiger partial charge in [-0.05, 0) is 51.2 Å². The third kappa shape index (κ3) is 7.34. The summed E-state index contributed by atoms with van der Waals surface area (Å²) in [6.45, 7) is 13.6. The second-order valence-electron chi connectivity index (χ2n) is 5.86. The molecule has 1 N–H and O–H groups in total. The smallest absolute Gasteiger partial charge is 0.0699 e. The molecule has 3 heteroatoms. The molecule has 0 amide bonds. The van der Waals surface area contributed by atoms with Gasteiger partial charge in [-0.1, -0.05) is 20.8 Å². The SMILES string of the molecule is CCC1CN(CCCCNCC(C)C)CCCO1. The van der Waals surface area contributed by atoms with Crippen molar-refractivity contribution < 1.29 is 4.74 Å². The van der Waals surface area contributed by atoms with Gasteiger partial charge in [-0.15, -0.1) is 0 Å². The summed E-state index contributed by atoms with van der Waals surface area (Å²) in [7, 11) is 0. The van der Waals surface area contributed by atoms with E-state index in [1.807, 2.05) is 0 Å². The molecular weight excluding hydrogens is 224 g/mol. The van der Waals surface area contributed by atoms with E-state index in [0.29, 0.717) is 6.10 Å². The number of nitrogens with zero attached hydrogens (tertiary/aromatic N) is 1. The van der Waals surface area contributed by atoms with Gasteiger partial charge in [0, 0.05) is 19.7 Å². The van der Waals surface area contributed by atoms with Crippen molar-refractivity contribution in [3.8, 4) is 0 Å². The van der Waals surface area contributed by atoms with E-state index in [1.165, 1.54) is 38.9 Å². The Hall–Kier alpha value is -0.120. The van der Waals surface area contributed by atoms with E-state index in [0.717, 1.165) is 32.0 Å². The number of rotatable bonds is 8. The van der Waals surface area contributed by atoms with Crippen LogP contribution in [0.4, 0.5) is 0 Å². The molecule has 1 heterocycles. The Morgan fingerprint density at radius 1 is 1.33 bits per heavy atom. The molecule has 108 valence electrons. The molecule has 1 unspecified atom stereocenters. The van der Waals surface area contributed by atoms with Crippen LogP contribution in [0.3, 0.4) is 0 Å². The first kappa shape index (κ1) is 15.9. The molecule has 1 aliphatic rings. The number of ether oxygens (including phenoxy) is 1. The van der Waals surface area contributed by atoms with Gasteiger partial charge in [0.25, 0.3) is 0 Å². The van der Waals surface area contributed by atoms with Crippen LogP contribution in [0.2, 0.25) is 0 Å². The minimum Gasteiger partial charge on any atom is -0.377 e. The maximum absolute atomic E-state index is 5.80. The molecule has 0 bridgehead atoms. The molecule has 1 saturated heterocycles. The summed E-state index contributed by atoms with van der Waals surface area (Å²) >= 11 is 0. The summed E-state index contributed by atoms with van der Waals surface area (Å²) < 4.78 is 5.80. The molecule has 1 atom stereocenters. The van der Waals surface area contributed by atoms with E-state index in [4.69, 9.17) is 4.74 Å². The highest BCUT2D eigenvalue weighted by atomic mass is 16.5. The van der Waals surface area contributed by atoms with E-state index in [-0.39, 0.29) is 0 Å². The summed E-state index contributed by atoms with van der Waals surface area (Å²) in [6, 6.07) is 0. The summed E-state index contributed by atoms with van der Waals surface area (Å²) in [5.41, 5.74) is 0. The predicted octanol–water partition coefficient (Wildman–Crippen LogP) is 2.51. The molecule has 0 aromatic rings. The third-order valence-corrected chi connectivity index (χ3v) is 3.52. The van der Waals surface area contributed by atoms with Crippen LogP contribution < -0.4 is 5.32 Å². The summed E-state index contributed by atoms with van der Waals surface area (Å²) in [4.78, 5) is 2.59. The Bertz CT molecular complexity index is 197. The number of hydrogen-bond donors (Lipinski definition) is 1. The van der Waals surface area contributed by atoms with Crippen LogP contribution in [0, 0.1) is 5.92 Å². The second kappa shape index (κ2) is 9.76. The van der Waals surface area contributed by atoms with Crippen molar-refractivity contribution in [2.45, 2.75) is 52.6 Å². The molecule has 0 radical (unpaired) electrons. The van der Waals surface area contributed by atoms with Crippen molar-refractivity contribution >= 4 is 0 Å². The van der Waals surface area contributed by atoms with E-state index in [2.05, 4.69) is 31.0 Å². The molecule has 1 fully saturated rings. The van der Waals surface area contributed by atoms with Crippen LogP contribution >= 0.6 is 0 Å². The van der Waals surface area contributed by atoms with E-state index in [1.54, 1.807) is 0 Å². The van der Waals surface area contributed by atoms with Gasteiger partial charge in [0.2, 0.25) is 0 Å². The summed E-state index contributed by atoms with van der Waals surface area (Å²) in [6.07, 6.45) is 5.41. The molecule has 0 spiro atoms. The van der Waals surface area contributed by atoms with E-state index in [9.17, 15) is 0 Å². The quantitative estimate of drug-likeness (QED) is 0.675. The second-order valence-corrected chi connectivity index (χ2v) is 5.86. The molecule has 1 aliphatic heterocycles. The van der Waals surface area contributed by atoms with Crippen molar-refractivity contribution in [2.24, 2.45) is 5.92 Å². The average Bonchev–Trinajstić information content (AvgIpc) is 2.58. The number of unbranched alkanes of at least 4 members (excludes halogenated alkanes) is 1. The highest BCUT2D eigenvalue weighted by molar-refractivity contribution is 4.69. The Morgan fingerprint density at radius 2 is 2.17 bits per heavy atom. The molecular formula is C15H32N2O. The fraction of sp³-hybridized carbons (Fsp3) is 1.00. The fourth-order valence-electron chi connectivity index (χ4n) is 2.40. The lowest BCUT2D eigenvalue weighted by Gasteiger charge is -2.22. The highest BCUT2D eigenvalue weighted by Gasteiger charge is 2.16. The van der Waals surface area contributed by atoms with Gasteiger partial charge in [-0.2, -0.15) is 0 Å². The molecule has 1 rings (SSSR count). The van der Waals surface area contributed by atoms with Crippen molar-refractivity contribution in [1.82, 2.24) is 10.2 Å². The summed E-state index contributed by atoms with van der Waals surface area (Å²) in [5.74, 6) is 0.762. The van der Waals surface area contributed by atoms with Gasteiger partial charge in [-0.25, -0.2) is 0 Å². The molecule has 0 aromatic carbocycles. The molecule has 0 aliphatic carbocycles. The standard InChI is InChI=1S/C15H32N2O/c1-4-15-13-17(10-7-11-18-15)9-6-5-8-16-12-14(2)3/h14-16H,4-13H2,1-3H3. The Labute approximate surface area is 113 Å². The average molecular weight is 256 g/mol. The number of nitrogens with one attached hydrogen (secondary N) is 1. The fourth-order valence-corrected chi connectivity index (χ4v) is 2.40. The van der Waals surface area contributed by atoms with Crippen LogP contribution in [0.25, 0.3) is 0 Å². The minimum atomic E-state index is 0.464. The van der Waals surface area contributed by atoms with Crippen molar-refractivity contribution in [3.05, 3.63) is 0 Å². The molecule has 0 aromatic heterocycles. The van der Waals surface area contributed by atoms with Gasteiger partial charge in [-0.3, -0.25) is 0 Å². The van der Waals surface area contributed by atoms with Crippen molar-refractivity contribution in [3.63, 3.8) is 0 Å². The van der Waals surface area contributed by atoms with Gasteiger partial charge < -0.3 is 15.0 Å². The molecule has 0 saturated carbocycles. The zero-order chi connectivity index (χ0) is 13.2. The predicted molar refractivity (Wildman–Crippen MR) is 78.0 cm³/mol. The van der Waals surface area contributed by atoms with Crippen LogP contribution in [-0.4, -0.2) is 50.3 Å². The molecule has 3 nitrogen and oxygen atoms in total. The molecule has 18 heavy (non-hydrogen) atoms. The number of hydrogen-bond acceptors (Lipinski definition) is 3. The lowest BCUT2D eigenvalue weighted by atomic mass is 10.2. The zero-order valence-corrected chi connectivity index (χ0v) is 12.6. The lowest BCUT2D eigenvalue weighted by molar-refractivity contribution is 0.0518. The largest absolute Gasteiger partial charge is 0.377 e. The van der Waals surface area contributed by atoms with Crippen molar-refractivity contribution in [2.75, 3.05) is 39.3 Å². The third-order valence-electron chi connectivity index (χ3n) is 3.52. The highest BCUT2D eigenvalue weighted by Crippen LogP contribution is 2.09. The van der Waals surface area contributed by atoms with E-state index >= 15 is 0 Å². The van der Waals surface area contributed by atoms with Gasteiger partial charge in [0.1, 0.15) is 0 Å². The topological polar surface area (TPSA) is 24.5 Å². The maximum Gasteiger partial charge on any atom is 0.0699 e. The van der Waals surface area contributed by atoms with Crippen LogP contribution in [0.15, 0.2) is 0 Å². The first-order chi connectivity index (χ1) is 8.72. The first-order valence-corrected chi connectivity index (χ1v) is 7.77. The van der Waals surface area contributed by atoms with Crippen molar-refractivity contribution in [1.29, 1.82) is 0 Å². The zero-order valence-electron chi connectivity index (χ0n) is 12.6. The van der Waals surface area contributed by atoms with E-state index < -0.39 is 0 Å². The Balaban J connectivity index is 2.03. The Kier molecular flexibility index (Phi) is 8.64. The van der Waals surface area contributed by atoms with Crippen LogP contribution in [0.1, 0.15) is 46.5 Å². The van der Waals surface area contributed by atoms with Gasteiger partial charge in [0.15, 0.2) is 0 Å². The van der Waals surface area contributed by atoms with Crippen LogP contribution in [-0.2, 0) is 4.74 Å². The first-order valence-electron chi connectivity index (χ1n) is 7.77. The van der Waals surface area contributed by atoms with Crippen LogP contribution in [0.5, 0.6) is 0 Å². The summed E-state index contributed by atoms with van der Waals surface area (Å²) in [5, 5.41) is 3.51. The van der Waals surface area contributed by atoms with Gasteiger partial charge in [0.05, 0.1) is 6.10 Å². The van der Waals surface area contributed by atoms with Gasteiger partial charge >= 0.3 is 0 Å².